The van der Waals surface area contributed by atoms with Crippen molar-refractivity contribution in [2.24, 2.45) is 5.16 Å². The molecule has 0 radical (unpaired) electrons. The van der Waals surface area contributed by atoms with E-state index in [1.165, 1.54) is 6.21 Å². The summed E-state index contributed by atoms with van der Waals surface area (Å²) in [4.78, 5) is 4.22. The van der Waals surface area contributed by atoms with Crippen molar-refractivity contribution >= 4 is 28.7 Å². The molecule has 0 aliphatic carbocycles. The van der Waals surface area contributed by atoms with Crippen LogP contribution in [0.4, 0.5) is 0 Å². The Morgan fingerprint density at radius 2 is 2.20 bits per heavy atom. The lowest BCUT2D eigenvalue weighted by Crippen LogP contribution is -1.89. The SMILES string of the molecule is Cc1ccc2cc(/C=N/O)c(Cl)nc2c1. The van der Waals surface area contributed by atoms with Gasteiger partial charge in [-0.3, -0.25) is 0 Å². The molecule has 1 aromatic heterocycles. The fraction of sp³-hybridized carbons (Fsp3) is 0.0909. The third-order valence-electron chi connectivity index (χ3n) is 2.15. The lowest BCUT2D eigenvalue weighted by atomic mass is 10.1. The maximum Gasteiger partial charge on any atom is 0.138 e. The van der Waals surface area contributed by atoms with Gasteiger partial charge in [-0.2, -0.15) is 0 Å². The molecule has 0 saturated heterocycles. The van der Waals surface area contributed by atoms with Crippen LogP contribution in [-0.2, 0) is 0 Å². The zero-order chi connectivity index (χ0) is 10.8. The average molecular weight is 221 g/mol. The van der Waals surface area contributed by atoms with Gasteiger partial charge in [0, 0.05) is 10.9 Å². The standard InChI is InChI=1S/C11H9ClN2O/c1-7-2-3-8-5-9(6-13-15)11(12)14-10(8)4-7/h2-6,15H,1H3/b13-6+. The van der Waals surface area contributed by atoms with Crippen LogP contribution in [-0.4, -0.2) is 16.4 Å². The highest BCUT2D eigenvalue weighted by Crippen LogP contribution is 2.20. The maximum atomic E-state index is 8.44. The Labute approximate surface area is 92.0 Å². The van der Waals surface area contributed by atoms with Crippen LogP contribution in [0.15, 0.2) is 29.4 Å². The highest BCUT2D eigenvalue weighted by molar-refractivity contribution is 6.32. The predicted octanol–water partition coefficient (Wildman–Crippen LogP) is 3.00. The summed E-state index contributed by atoms with van der Waals surface area (Å²) < 4.78 is 0. The van der Waals surface area contributed by atoms with E-state index in [0.717, 1.165) is 16.5 Å². The van der Waals surface area contributed by atoms with E-state index in [-0.39, 0.29) is 0 Å². The van der Waals surface area contributed by atoms with E-state index < -0.39 is 0 Å². The lowest BCUT2D eigenvalue weighted by Gasteiger charge is -2.02. The number of nitrogens with zero attached hydrogens (tertiary/aromatic N) is 2. The van der Waals surface area contributed by atoms with Crippen LogP contribution in [0, 0.1) is 6.92 Å². The lowest BCUT2D eigenvalue weighted by molar-refractivity contribution is 0.322. The molecule has 2 aromatic rings. The second-order valence-electron chi connectivity index (χ2n) is 3.31. The van der Waals surface area contributed by atoms with Gasteiger partial charge >= 0.3 is 0 Å². The molecule has 0 spiro atoms. The number of oxime groups is 1. The van der Waals surface area contributed by atoms with Crippen molar-refractivity contribution < 1.29 is 5.21 Å². The van der Waals surface area contributed by atoms with Crippen molar-refractivity contribution in [2.45, 2.75) is 6.92 Å². The molecule has 4 heteroatoms. The number of hydrogen-bond donors (Lipinski definition) is 1. The van der Waals surface area contributed by atoms with Gasteiger partial charge in [-0.05, 0) is 24.6 Å². The fourth-order valence-electron chi connectivity index (χ4n) is 1.42. The van der Waals surface area contributed by atoms with Crippen LogP contribution in [0.2, 0.25) is 5.15 Å². The molecule has 0 saturated carbocycles. The Hall–Kier alpha value is -1.61. The van der Waals surface area contributed by atoms with Crippen molar-refractivity contribution in [1.82, 2.24) is 4.98 Å². The number of halogens is 1. The molecular formula is C11H9ClN2O. The first kappa shape index (κ1) is 9.93. The van der Waals surface area contributed by atoms with Gasteiger partial charge in [0.2, 0.25) is 0 Å². The molecule has 1 heterocycles. The van der Waals surface area contributed by atoms with Gasteiger partial charge in [0.15, 0.2) is 0 Å². The first-order valence-electron chi connectivity index (χ1n) is 4.45. The number of pyridine rings is 1. The molecule has 0 aliphatic rings. The molecule has 3 nitrogen and oxygen atoms in total. The monoisotopic (exact) mass is 220 g/mol. The minimum absolute atomic E-state index is 0.339. The number of hydrogen-bond acceptors (Lipinski definition) is 3. The van der Waals surface area contributed by atoms with Crippen LogP contribution in [0.5, 0.6) is 0 Å². The third-order valence-corrected chi connectivity index (χ3v) is 2.45. The van der Waals surface area contributed by atoms with E-state index in [1.54, 1.807) is 0 Å². The van der Waals surface area contributed by atoms with Crippen molar-refractivity contribution in [3.05, 3.63) is 40.5 Å². The highest BCUT2D eigenvalue weighted by atomic mass is 35.5. The van der Waals surface area contributed by atoms with Gasteiger partial charge in [-0.25, -0.2) is 4.98 Å². The Morgan fingerprint density at radius 1 is 1.40 bits per heavy atom. The van der Waals surface area contributed by atoms with Gasteiger partial charge < -0.3 is 5.21 Å². The van der Waals surface area contributed by atoms with Gasteiger partial charge in [0.1, 0.15) is 5.15 Å². The first-order valence-corrected chi connectivity index (χ1v) is 4.83. The third kappa shape index (κ3) is 1.92. The van der Waals surface area contributed by atoms with Crippen molar-refractivity contribution in [1.29, 1.82) is 0 Å². The summed E-state index contributed by atoms with van der Waals surface area (Å²) in [5.41, 5.74) is 2.58. The highest BCUT2D eigenvalue weighted by Gasteiger charge is 2.03. The largest absolute Gasteiger partial charge is 0.411 e. The van der Waals surface area contributed by atoms with Crippen LogP contribution in [0.25, 0.3) is 10.9 Å². The molecule has 1 N–H and O–H groups in total. The molecule has 0 fully saturated rings. The van der Waals surface area contributed by atoms with E-state index in [2.05, 4.69) is 10.1 Å². The number of fused-ring (bicyclic) bond motifs is 1. The summed E-state index contributed by atoms with van der Waals surface area (Å²) in [7, 11) is 0. The molecule has 76 valence electrons. The first-order chi connectivity index (χ1) is 7.20. The Bertz CT molecular complexity index is 537. The Balaban J connectivity index is 2.70. The summed E-state index contributed by atoms with van der Waals surface area (Å²) in [5, 5.41) is 12.7. The number of aryl methyl sites for hydroxylation is 1. The van der Waals surface area contributed by atoms with Crippen molar-refractivity contribution in [3.8, 4) is 0 Å². The van der Waals surface area contributed by atoms with Gasteiger partial charge in [-0.1, -0.05) is 28.9 Å². The van der Waals surface area contributed by atoms with Gasteiger partial charge in [-0.15, -0.1) is 0 Å². The van der Waals surface area contributed by atoms with E-state index in [9.17, 15) is 0 Å². The molecule has 1 aromatic carbocycles. The molecule has 0 amide bonds. The second kappa shape index (κ2) is 3.87. The molecule has 0 aliphatic heterocycles. The van der Waals surface area contributed by atoms with E-state index >= 15 is 0 Å². The summed E-state index contributed by atoms with van der Waals surface area (Å²) in [6, 6.07) is 7.76. The van der Waals surface area contributed by atoms with Crippen LogP contribution in [0.3, 0.4) is 0 Å². The second-order valence-corrected chi connectivity index (χ2v) is 3.67. The van der Waals surface area contributed by atoms with Crippen LogP contribution in [0.1, 0.15) is 11.1 Å². The van der Waals surface area contributed by atoms with Crippen molar-refractivity contribution in [2.75, 3.05) is 0 Å². The summed E-state index contributed by atoms with van der Waals surface area (Å²) in [6.45, 7) is 2.00. The number of rotatable bonds is 1. The number of aromatic nitrogens is 1. The predicted molar refractivity (Wildman–Crippen MR) is 60.9 cm³/mol. The molecule has 0 atom stereocenters. The average Bonchev–Trinajstić information content (AvgIpc) is 2.20. The normalized spacial score (nSPS) is 11.3. The minimum atomic E-state index is 0.339. The minimum Gasteiger partial charge on any atom is -0.411 e. The zero-order valence-corrected chi connectivity index (χ0v) is 8.86. The smallest absolute Gasteiger partial charge is 0.138 e. The zero-order valence-electron chi connectivity index (χ0n) is 8.11. The Morgan fingerprint density at radius 3 is 2.93 bits per heavy atom. The molecular weight excluding hydrogens is 212 g/mol. The molecule has 0 bridgehead atoms. The van der Waals surface area contributed by atoms with E-state index in [1.807, 2.05) is 31.2 Å². The molecule has 0 unspecified atom stereocenters. The van der Waals surface area contributed by atoms with Gasteiger partial charge in [0.05, 0.1) is 11.7 Å². The van der Waals surface area contributed by atoms with E-state index in [0.29, 0.717) is 10.7 Å². The van der Waals surface area contributed by atoms with Crippen LogP contribution >= 0.6 is 11.6 Å². The molecule has 2 rings (SSSR count). The summed E-state index contributed by atoms with van der Waals surface area (Å²) in [5.74, 6) is 0. The topological polar surface area (TPSA) is 45.5 Å². The maximum absolute atomic E-state index is 8.44. The fourth-order valence-corrected chi connectivity index (χ4v) is 1.62. The Kier molecular flexibility index (Phi) is 2.56. The quantitative estimate of drug-likeness (QED) is 0.348. The van der Waals surface area contributed by atoms with Crippen molar-refractivity contribution in [3.63, 3.8) is 0 Å². The summed E-state index contributed by atoms with van der Waals surface area (Å²) >= 11 is 5.92. The summed E-state index contributed by atoms with van der Waals surface area (Å²) in [6.07, 6.45) is 1.27. The number of benzene rings is 1. The van der Waals surface area contributed by atoms with Crippen LogP contribution < -0.4 is 0 Å². The van der Waals surface area contributed by atoms with Gasteiger partial charge in [0.25, 0.3) is 0 Å². The van der Waals surface area contributed by atoms with E-state index in [4.69, 9.17) is 16.8 Å². The molecule has 15 heavy (non-hydrogen) atoms.